The molecule has 0 aliphatic heterocycles. The van der Waals surface area contributed by atoms with Crippen LogP contribution in [0.1, 0.15) is 10.4 Å². The Labute approximate surface area is 131 Å². The zero-order chi connectivity index (χ0) is 15.6. The molecule has 0 aliphatic carbocycles. The summed E-state index contributed by atoms with van der Waals surface area (Å²) in [7, 11) is -3.97. The lowest BCUT2D eigenvalue weighted by Gasteiger charge is -2.11. The molecule has 0 atom stereocenters. The van der Waals surface area contributed by atoms with E-state index in [4.69, 9.17) is 28.3 Å². The SMILES string of the molecule is O=C(O)c1ccc(Cl)cc1NS(=O)(=O)c1cccc(Cl)c1. The average molecular weight is 346 g/mol. The van der Waals surface area contributed by atoms with Gasteiger partial charge in [0.15, 0.2) is 0 Å². The van der Waals surface area contributed by atoms with E-state index in [1.165, 1.54) is 42.5 Å². The van der Waals surface area contributed by atoms with Crippen LogP contribution in [-0.4, -0.2) is 19.5 Å². The quantitative estimate of drug-likeness (QED) is 0.888. The normalized spacial score (nSPS) is 11.1. The third-order valence-corrected chi connectivity index (χ3v) is 4.40. The van der Waals surface area contributed by atoms with Crippen LogP contribution < -0.4 is 4.72 Å². The molecule has 2 N–H and O–H groups in total. The molecule has 0 radical (unpaired) electrons. The van der Waals surface area contributed by atoms with E-state index < -0.39 is 16.0 Å². The van der Waals surface area contributed by atoms with Crippen molar-refractivity contribution < 1.29 is 18.3 Å². The van der Waals surface area contributed by atoms with Gasteiger partial charge in [-0.05, 0) is 36.4 Å². The largest absolute Gasteiger partial charge is 0.478 e. The van der Waals surface area contributed by atoms with E-state index in [9.17, 15) is 13.2 Å². The molecular weight excluding hydrogens is 337 g/mol. The predicted octanol–water partition coefficient (Wildman–Crippen LogP) is 3.49. The van der Waals surface area contributed by atoms with Gasteiger partial charge in [-0.1, -0.05) is 29.3 Å². The second-order valence-corrected chi connectivity index (χ2v) is 6.61. The van der Waals surface area contributed by atoms with Crippen molar-refractivity contribution >= 4 is 44.9 Å². The number of benzene rings is 2. The highest BCUT2D eigenvalue weighted by atomic mass is 35.5. The number of anilines is 1. The van der Waals surface area contributed by atoms with Crippen LogP contribution in [0.3, 0.4) is 0 Å². The van der Waals surface area contributed by atoms with Crippen molar-refractivity contribution in [2.45, 2.75) is 4.90 Å². The number of carbonyl (C=O) groups is 1. The standard InChI is InChI=1S/C13H9Cl2NO4S/c14-8-2-1-3-10(6-8)21(19,20)16-12-7-9(15)4-5-11(12)13(17)18/h1-7,16H,(H,17,18). The number of halogens is 2. The number of hydrogen-bond acceptors (Lipinski definition) is 3. The number of rotatable bonds is 4. The molecule has 0 spiro atoms. The maximum atomic E-state index is 12.2. The summed E-state index contributed by atoms with van der Waals surface area (Å²) in [6.45, 7) is 0. The molecule has 0 aliphatic rings. The first-order valence-electron chi connectivity index (χ1n) is 5.61. The molecule has 2 aromatic carbocycles. The van der Waals surface area contributed by atoms with Gasteiger partial charge >= 0.3 is 5.97 Å². The summed E-state index contributed by atoms with van der Waals surface area (Å²) in [4.78, 5) is 11.0. The van der Waals surface area contributed by atoms with Gasteiger partial charge in [0.05, 0.1) is 16.1 Å². The molecular formula is C13H9Cl2NO4S. The monoisotopic (exact) mass is 345 g/mol. The van der Waals surface area contributed by atoms with Gasteiger partial charge in [-0.3, -0.25) is 4.72 Å². The van der Waals surface area contributed by atoms with Gasteiger partial charge in [0.25, 0.3) is 10.0 Å². The molecule has 0 bridgehead atoms. The topological polar surface area (TPSA) is 83.5 Å². The number of hydrogen-bond donors (Lipinski definition) is 2. The average Bonchev–Trinajstić information content (AvgIpc) is 2.38. The fourth-order valence-electron chi connectivity index (χ4n) is 1.63. The molecule has 2 rings (SSSR count). The zero-order valence-corrected chi connectivity index (χ0v) is 12.7. The van der Waals surface area contributed by atoms with Crippen LogP contribution in [0.2, 0.25) is 10.0 Å². The van der Waals surface area contributed by atoms with Crippen molar-refractivity contribution in [3.05, 3.63) is 58.1 Å². The van der Waals surface area contributed by atoms with Crippen LogP contribution in [0.5, 0.6) is 0 Å². The highest BCUT2D eigenvalue weighted by molar-refractivity contribution is 7.92. The first-order chi connectivity index (χ1) is 9.79. The lowest BCUT2D eigenvalue weighted by Crippen LogP contribution is -2.15. The van der Waals surface area contributed by atoms with Crippen molar-refractivity contribution in [3.8, 4) is 0 Å². The fraction of sp³-hybridized carbons (Fsp3) is 0. The second kappa shape index (κ2) is 5.93. The number of nitrogens with one attached hydrogen (secondary N) is 1. The van der Waals surface area contributed by atoms with Gasteiger partial charge in [0.1, 0.15) is 0 Å². The van der Waals surface area contributed by atoms with Gasteiger partial charge in [-0.25, -0.2) is 13.2 Å². The Morgan fingerprint density at radius 2 is 1.71 bits per heavy atom. The zero-order valence-electron chi connectivity index (χ0n) is 10.4. The lowest BCUT2D eigenvalue weighted by molar-refractivity contribution is 0.0698. The molecule has 0 saturated heterocycles. The van der Waals surface area contributed by atoms with Crippen molar-refractivity contribution in [3.63, 3.8) is 0 Å². The Morgan fingerprint density at radius 3 is 2.33 bits per heavy atom. The van der Waals surface area contributed by atoms with E-state index in [2.05, 4.69) is 4.72 Å². The second-order valence-electron chi connectivity index (χ2n) is 4.06. The summed E-state index contributed by atoms with van der Waals surface area (Å²) in [5.74, 6) is -1.27. The molecule has 0 fully saturated rings. The van der Waals surface area contributed by atoms with E-state index in [0.717, 1.165) is 0 Å². The first-order valence-corrected chi connectivity index (χ1v) is 7.85. The maximum Gasteiger partial charge on any atom is 0.337 e. The minimum atomic E-state index is -3.97. The van der Waals surface area contributed by atoms with Crippen LogP contribution in [0.4, 0.5) is 5.69 Å². The Hall–Kier alpha value is -1.76. The van der Waals surface area contributed by atoms with Crippen molar-refractivity contribution in [2.75, 3.05) is 4.72 Å². The molecule has 0 heterocycles. The number of carboxylic acids is 1. The lowest BCUT2D eigenvalue weighted by atomic mass is 10.2. The highest BCUT2D eigenvalue weighted by Gasteiger charge is 2.19. The van der Waals surface area contributed by atoms with Gasteiger partial charge in [-0.2, -0.15) is 0 Å². The summed E-state index contributed by atoms with van der Waals surface area (Å²) >= 11 is 11.5. The minimum Gasteiger partial charge on any atom is -0.478 e. The Kier molecular flexibility index (Phi) is 4.41. The third-order valence-electron chi connectivity index (χ3n) is 2.56. The van der Waals surface area contributed by atoms with Crippen molar-refractivity contribution in [1.82, 2.24) is 0 Å². The van der Waals surface area contributed by atoms with E-state index in [1.807, 2.05) is 0 Å². The molecule has 0 aromatic heterocycles. The van der Waals surface area contributed by atoms with Crippen molar-refractivity contribution in [1.29, 1.82) is 0 Å². The van der Waals surface area contributed by atoms with E-state index in [0.29, 0.717) is 0 Å². The molecule has 21 heavy (non-hydrogen) atoms. The van der Waals surface area contributed by atoms with Crippen LogP contribution in [-0.2, 0) is 10.0 Å². The number of sulfonamides is 1. The molecule has 2 aromatic rings. The Balaban J connectivity index is 2.46. The van der Waals surface area contributed by atoms with Crippen LogP contribution >= 0.6 is 23.2 Å². The smallest absolute Gasteiger partial charge is 0.337 e. The van der Waals surface area contributed by atoms with E-state index in [1.54, 1.807) is 0 Å². The van der Waals surface area contributed by atoms with Gasteiger partial charge in [0.2, 0.25) is 0 Å². The van der Waals surface area contributed by atoms with Crippen LogP contribution in [0.25, 0.3) is 0 Å². The summed E-state index contributed by atoms with van der Waals surface area (Å²) in [6.07, 6.45) is 0. The van der Waals surface area contributed by atoms with Crippen LogP contribution in [0.15, 0.2) is 47.4 Å². The highest BCUT2D eigenvalue weighted by Crippen LogP contribution is 2.25. The van der Waals surface area contributed by atoms with E-state index in [-0.39, 0.29) is 26.2 Å². The van der Waals surface area contributed by atoms with Crippen LogP contribution in [0, 0.1) is 0 Å². The Bertz CT molecular complexity index is 806. The maximum absolute atomic E-state index is 12.2. The summed E-state index contributed by atoms with van der Waals surface area (Å²) in [6, 6.07) is 9.43. The molecule has 110 valence electrons. The number of carboxylic acid groups (broad SMARTS) is 1. The molecule has 0 unspecified atom stereocenters. The third kappa shape index (κ3) is 3.66. The predicted molar refractivity (Wildman–Crippen MR) is 80.7 cm³/mol. The van der Waals surface area contributed by atoms with Crippen molar-refractivity contribution in [2.24, 2.45) is 0 Å². The van der Waals surface area contributed by atoms with Gasteiger partial charge in [-0.15, -0.1) is 0 Å². The van der Waals surface area contributed by atoms with Gasteiger partial charge < -0.3 is 5.11 Å². The molecule has 0 saturated carbocycles. The number of aromatic carboxylic acids is 1. The fourth-order valence-corrected chi connectivity index (χ4v) is 3.17. The summed E-state index contributed by atoms with van der Waals surface area (Å²) in [5, 5.41) is 9.53. The summed E-state index contributed by atoms with van der Waals surface area (Å²) < 4.78 is 26.7. The minimum absolute atomic E-state index is 0.0775. The summed E-state index contributed by atoms with van der Waals surface area (Å²) in [5.41, 5.74) is -0.319. The molecule has 8 heteroatoms. The van der Waals surface area contributed by atoms with E-state index >= 15 is 0 Å². The first kappa shape index (κ1) is 15.6. The molecule has 5 nitrogen and oxygen atoms in total. The van der Waals surface area contributed by atoms with Gasteiger partial charge in [0, 0.05) is 10.0 Å². The Morgan fingerprint density at radius 1 is 1.05 bits per heavy atom. The molecule has 0 amide bonds.